The molecule has 1 aliphatic heterocycles. The quantitative estimate of drug-likeness (QED) is 0.537. The van der Waals surface area contributed by atoms with E-state index in [4.69, 9.17) is 10.5 Å². The Morgan fingerprint density at radius 1 is 1.80 bits per heavy atom. The van der Waals surface area contributed by atoms with E-state index in [9.17, 15) is 4.79 Å². The fraction of sp³-hybridized carbons (Fsp3) is 0.857. The van der Waals surface area contributed by atoms with E-state index in [0.717, 1.165) is 6.42 Å². The molecular formula is C7H13NO2. The maximum Gasteiger partial charge on any atom is 0.306 e. The Hall–Kier alpha value is -0.570. The van der Waals surface area contributed by atoms with Crippen LogP contribution in [0, 0.1) is 5.92 Å². The van der Waals surface area contributed by atoms with Crippen LogP contribution in [0.3, 0.4) is 0 Å². The lowest BCUT2D eigenvalue weighted by Gasteiger charge is -2.25. The number of ether oxygens (including phenoxy) is 1. The van der Waals surface area contributed by atoms with Crippen LogP contribution in [0.4, 0.5) is 0 Å². The third-order valence-corrected chi connectivity index (χ3v) is 1.74. The third-order valence-electron chi connectivity index (χ3n) is 1.74. The van der Waals surface area contributed by atoms with Crippen LogP contribution < -0.4 is 5.73 Å². The van der Waals surface area contributed by atoms with E-state index in [0.29, 0.717) is 18.9 Å². The minimum atomic E-state index is -0.103. The number of carbonyl (C=O) groups is 1. The summed E-state index contributed by atoms with van der Waals surface area (Å²) in [6.45, 7) is 2.50. The van der Waals surface area contributed by atoms with Gasteiger partial charge in [-0.15, -0.1) is 0 Å². The van der Waals surface area contributed by atoms with Crippen LogP contribution in [0.25, 0.3) is 0 Å². The summed E-state index contributed by atoms with van der Waals surface area (Å²) >= 11 is 0. The standard InChI is InChI=1S/C7H13NO2/c1-5-2-6(4-8)10-7(9)3-5/h5-6H,2-4,8H2,1H3. The summed E-state index contributed by atoms with van der Waals surface area (Å²) in [5.74, 6) is 0.337. The van der Waals surface area contributed by atoms with Crippen LogP contribution in [-0.2, 0) is 9.53 Å². The first-order valence-corrected chi connectivity index (χ1v) is 3.62. The molecule has 3 heteroatoms. The maximum absolute atomic E-state index is 10.8. The summed E-state index contributed by atoms with van der Waals surface area (Å²) in [6.07, 6.45) is 1.44. The van der Waals surface area contributed by atoms with Crippen LogP contribution >= 0.6 is 0 Å². The van der Waals surface area contributed by atoms with Gasteiger partial charge in [-0.1, -0.05) is 6.92 Å². The minimum absolute atomic E-state index is 0.0313. The molecule has 0 aromatic rings. The minimum Gasteiger partial charge on any atom is -0.461 e. The lowest BCUT2D eigenvalue weighted by Crippen LogP contribution is -2.33. The van der Waals surface area contributed by atoms with Gasteiger partial charge in [-0.05, 0) is 12.3 Å². The zero-order valence-corrected chi connectivity index (χ0v) is 6.17. The van der Waals surface area contributed by atoms with Gasteiger partial charge >= 0.3 is 5.97 Å². The Morgan fingerprint density at radius 3 is 3.00 bits per heavy atom. The Labute approximate surface area is 60.5 Å². The Morgan fingerprint density at radius 2 is 2.50 bits per heavy atom. The van der Waals surface area contributed by atoms with Crippen molar-refractivity contribution in [1.82, 2.24) is 0 Å². The molecule has 2 N–H and O–H groups in total. The van der Waals surface area contributed by atoms with Crippen molar-refractivity contribution >= 4 is 5.97 Å². The van der Waals surface area contributed by atoms with Gasteiger partial charge in [0.05, 0.1) is 0 Å². The summed E-state index contributed by atoms with van der Waals surface area (Å²) in [4.78, 5) is 10.8. The first-order valence-electron chi connectivity index (χ1n) is 3.62. The highest BCUT2D eigenvalue weighted by atomic mass is 16.5. The molecule has 0 spiro atoms. The first kappa shape index (κ1) is 7.54. The lowest BCUT2D eigenvalue weighted by molar-refractivity contribution is -0.155. The summed E-state index contributed by atoms with van der Waals surface area (Å²) < 4.78 is 4.94. The van der Waals surface area contributed by atoms with Crippen LogP contribution in [0.5, 0.6) is 0 Å². The maximum atomic E-state index is 10.8. The molecule has 2 unspecified atom stereocenters. The van der Waals surface area contributed by atoms with E-state index in [-0.39, 0.29) is 12.1 Å². The number of rotatable bonds is 1. The molecule has 0 aromatic carbocycles. The van der Waals surface area contributed by atoms with Gasteiger partial charge < -0.3 is 10.5 Å². The van der Waals surface area contributed by atoms with Gasteiger partial charge in [0, 0.05) is 13.0 Å². The number of cyclic esters (lactones) is 1. The first-order chi connectivity index (χ1) is 4.72. The molecule has 0 saturated carbocycles. The molecule has 10 heavy (non-hydrogen) atoms. The fourth-order valence-electron chi connectivity index (χ4n) is 1.24. The zero-order chi connectivity index (χ0) is 7.56. The molecule has 0 aliphatic carbocycles. The zero-order valence-electron chi connectivity index (χ0n) is 6.17. The predicted octanol–water partition coefficient (Wildman–Crippen LogP) is 0.287. The smallest absolute Gasteiger partial charge is 0.306 e. The normalized spacial score (nSPS) is 33.6. The van der Waals surface area contributed by atoms with E-state index in [2.05, 4.69) is 0 Å². The van der Waals surface area contributed by atoms with Crippen molar-refractivity contribution < 1.29 is 9.53 Å². The van der Waals surface area contributed by atoms with E-state index >= 15 is 0 Å². The van der Waals surface area contributed by atoms with Gasteiger partial charge in [0.25, 0.3) is 0 Å². The molecule has 0 bridgehead atoms. The van der Waals surface area contributed by atoms with Crippen molar-refractivity contribution in [2.45, 2.75) is 25.9 Å². The Balaban J connectivity index is 2.42. The summed E-state index contributed by atoms with van der Waals surface area (Å²) in [5, 5.41) is 0. The molecule has 0 amide bonds. The van der Waals surface area contributed by atoms with Gasteiger partial charge in [-0.2, -0.15) is 0 Å². The average Bonchev–Trinajstić information content (AvgIpc) is 1.85. The molecule has 58 valence electrons. The topological polar surface area (TPSA) is 52.3 Å². The highest BCUT2D eigenvalue weighted by Crippen LogP contribution is 2.19. The van der Waals surface area contributed by atoms with E-state index in [1.165, 1.54) is 0 Å². The largest absolute Gasteiger partial charge is 0.461 e. The Kier molecular flexibility index (Phi) is 2.27. The third kappa shape index (κ3) is 1.70. The average molecular weight is 143 g/mol. The van der Waals surface area contributed by atoms with E-state index < -0.39 is 0 Å². The molecular weight excluding hydrogens is 130 g/mol. The molecule has 1 heterocycles. The SMILES string of the molecule is CC1CC(=O)OC(CN)C1. The number of carbonyl (C=O) groups excluding carboxylic acids is 1. The van der Waals surface area contributed by atoms with Crippen LogP contribution in [0.2, 0.25) is 0 Å². The number of hydrogen-bond acceptors (Lipinski definition) is 3. The lowest BCUT2D eigenvalue weighted by atomic mass is 9.97. The van der Waals surface area contributed by atoms with Crippen molar-refractivity contribution in [2.75, 3.05) is 6.54 Å². The van der Waals surface area contributed by atoms with Crippen molar-refractivity contribution in [3.63, 3.8) is 0 Å². The Bertz CT molecular complexity index is 136. The molecule has 1 rings (SSSR count). The van der Waals surface area contributed by atoms with Crippen molar-refractivity contribution in [1.29, 1.82) is 0 Å². The van der Waals surface area contributed by atoms with Gasteiger partial charge in [0.2, 0.25) is 0 Å². The van der Waals surface area contributed by atoms with Gasteiger partial charge in [-0.3, -0.25) is 4.79 Å². The second-order valence-corrected chi connectivity index (χ2v) is 2.89. The monoisotopic (exact) mass is 143 g/mol. The van der Waals surface area contributed by atoms with Gasteiger partial charge in [0.15, 0.2) is 0 Å². The van der Waals surface area contributed by atoms with Crippen molar-refractivity contribution in [3.05, 3.63) is 0 Å². The molecule has 1 fully saturated rings. The highest BCUT2D eigenvalue weighted by molar-refractivity contribution is 5.70. The van der Waals surface area contributed by atoms with Gasteiger partial charge in [-0.25, -0.2) is 0 Å². The second-order valence-electron chi connectivity index (χ2n) is 2.89. The molecule has 1 saturated heterocycles. The number of hydrogen-bond donors (Lipinski definition) is 1. The van der Waals surface area contributed by atoms with Crippen LogP contribution in [0.1, 0.15) is 19.8 Å². The summed E-state index contributed by atoms with van der Waals surface area (Å²) in [7, 11) is 0. The summed E-state index contributed by atoms with van der Waals surface area (Å²) in [5.41, 5.74) is 5.35. The van der Waals surface area contributed by atoms with Crippen LogP contribution in [-0.4, -0.2) is 18.6 Å². The van der Waals surface area contributed by atoms with E-state index in [1.807, 2.05) is 6.92 Å². The van der Waals surface area contributed by atoms with Gasteiger partial charge in [0.1, 0.15) is 6.10 Å². The number of esters is 1. The second kappa shape index (κ2) is 3.01. The fourth-order valence-corrected chi connectivity index (χ4v) is 1.24. The number of nitrogens with two attached hydrogens (primary N) is 1. The molecule has 1 aliphatic rings. The van der Waals surface area contributed by atoms with Crippen molar-refractivity contribution in [2.24, 2.45) is 11.7 Å². The summed E-state index contributed by atoms with van der Waals surface area (Å²) in [6, 6.07) is 0. The molecule has 3 nitrogen and oxygen atoms in total. The molecule has 0 radical (unpaired) electrons. The molecule has 2 atom stereocenters. The highest BCUT2D eigenvalue weighted by Gasteiger charge is 2.24. The molecule has 0 aromatic heterocycles. The predicted molar refractivity (Wildman–Crippen MR) is 37.3 cm³/mol. The van der Waals surface area contributed by atoms with Crippen LogP contribution in [0.15, 0.2) is 0 Å². The van der Waals surface area contributed by atoms with Crippen molar-refractivity contribution in [3.8, 4) is 0 Å². The van der Waals surface area contributed by atoms with E-state index in [1.54, 1.807) is 0 Å².